The Hall–Kier alpha value is -0.870. The molecular weight excluding hydrogens is 637 g/mol. The van der Waals surface area contributed by atoms with Crippen molar-refractivity contribution in [1.82, 2.24) is 10.6 Å². The minimum atomic E-state index is -1.23. The number of aliphatic hydroxyl groups excluding tert-OH is 3. The van der Waals surface area contributed by atoms with E-state index in [0.29, 0.717) is 42.0 Å². The van der Waals surface area contributed by atoms with Crippen molar-refractivity contribution in [3.8, 4) is 0 Å². The number of fused-ring (bicyclic) bond motifs is 5. The number of hydrogen-bond acceptors (Lipinski definition) is 7. The molecule has 5 fully saturated rings. The third-order valence-corrected chi connectivity index (χ3v) is 15.9. The molecule has 0 spiro atoms. The molecule has 5 rings (SSSR count). The molecule has 0 aromatic heterocycles. The predicted octanol–water partition coefficient (Wildman–Crippen LogP) is 6.30. The van der Waals surface area contributed by atoms with Gasteiger partial charge < -0.3 is 30.7 Å². The van der Waals surface area contributed by atoms with Crippen LogP contribution in [0.4, 0.5) is 0 Å². The van der Waals surface area contributed by atoms with Crippen molar-refractivity contribution in [2.75, 3.05) is 18.8 Å². The number of ether oxygens (including phenoxy) is 1. The highest BCUT2D eigenvalue weighted by atomic mass is 32.2. The van der Waals surface area contributed by atoms with Crippen LogP contribution < -0.4 is 10.6 Å². The molecule has 4 aliphatic carbocycles. The van der Waals surface area contributed by atoms with Gasteiger partial charge in [-0.1, -0.05) is 53.9 Å². The Balaban J connectivity index is 1.00. The van der Waals surface area contributed by atoms with Crippen molar-refractivity contribution in [3.63, 3.8) is 0 Å². The normalized spacial score (nSPS) is 42.5. The summed E-state index contributed by atoms with van der Waals surface area (Å²) in [4.78, 5) is 25.7. The summed E-state index contributed by atoms with van der Waals surface area (Å²) < 4.78 is 5.61. The Morgan fingerprint density at radius 2 is 1.57 bits per heavy atom. The zero-order valence-electron chi connectivity index (χ0n) is 31.5. The molecule has 1 unspecified atom stereocenters. The summed E-state index contributed by atoms with van der Waals surface area (Å²) in [5.74, 6) is 6.49. The highest BCUT2D eigenvalue weighted by Crippen LogP contribution is 2.68. The monoisotopic (exact) mass is 706 g/mol. The van der Waals surface area contributed by atoms with Gasteiger partial charge in [0.15, 0.2) is 0 Å². The highest BCUT2D eigenvalue weighted by molar-refractivity contribution is 7.99. The number of nitrogens with one attached hydrogen (secondary N) is 2. The first-order valence-corrected chi connectivity index (χ1v) is 21.2. The summed E-state index contributed by atoms with van der Waals surface area (Å²) in [6.45, 7) is 15.1. The molecule has 49 heavy (non-hydrogen) atoms. The average molecular weight is 707 g/mol. The minimum absolute atomic E-state index is 0.0609. The van der Waals surface area contributed by atoms with Crippen LogP contribution >= 0.6 is 11.8 Å². The lowest BCUT2D eigenvalue weighted by molar-refractivity contribution is -0.192. The van der Waals surface area contributed by atoms with Crippen molar-refractivity contribution in [2.24, 2.45) is 58.2 Å². The highest BCUT2D eigenvalue weighted by Gasteiger charge is 2.60. The third kappa shape index (κ3) is 8.69. The van der Waals surface area contributed by atoms with Gasteiger partial charge in [-0.05, 0) is 129 Å². The van der Waals surface area contributed by atoms with Crippen LogP contribution in [0.15, 0.2) is 0 Å². The van der Waals surface area contributed by atoms with E-state index in [0.717, 1.165) is 54.8 Å². The van der Waals surface area contributed by atoms with E-state index in [-0.39, 0.29) is 24.2 Å². The van der Waals surface area contributed by atoms with E-state index >= 15 is 0 Å². The maximum Gasteiger partial charge on any atom is 0.223 e. The van der Waals surface area contributed by atoms with Crippen LogP contribution in [0.25, 0.3) is 0 Å². The topological polar surface area (TPSA) is 128 Å². The fourth-order valence-corrected chi connectivity index (χ4v) is 12.9. The molecule has 0 radical (unpaired) electrons. The summed E-state index contributed by atoms with van der Waals surface area (Å²) >= 11 is 1.37. The predicted molar refractivity (Wildman–Crippen MR) is 197 cm³/mol. The summed E-state index contributed by atoms with van der Waals surface area (Å²) in [6, 6.07) is 0. The van der Waals surface area contributed by atoms with E-state index in [9.17, 15) is 24.9 Å². The van der Waals surface area contributed by atoms with Crippen LogP contribution in [-0.2, 0) is 14.3 Å². The van der Waals surface area contributed by atoms with Gasteiger partial charge in [0, 0.05) is 25.4 Å². The smallest absolute Gasteiger partial charge is 0.223 e. The van der Waals surface area contributed by atoms with Crippen LogP contribution in [0.1, 0.15) is 131 Å². The van der Waals surface area contributed by atoms with Crippen LogP contribution in [0.5, 0.6) is 0 Å². The Kier molecular flexibility index (Phi) is 13.5. The van der Waals surface area contributed by atoms with Gasteiger partial charge in [0.05, 0.1) is 6.10 Å². The molecule has 4 saturated carbocycles. The second-order valence-corrected chi connectivity index (χ2v) is 19.2. The SMILES string of the molecule is CC(C)CCC[C@@H](C)[C@H]1CC[C@H]2[C@@H]3CCC4C[C@@H](C(=O)NCCC(=O)NCCCS[C@H]5O[C@H](C)[C@H](O)[C@H](O)[C@H]5O)CC[C@]4(C)[C@H]3CC[C@]12C. The van der Waals surface area contributed by atoms with Gasteiger partial charge in [0.25, 0.3) is 0 Å². The Labute approximate surface area is 301 Å². The molecule has 282 valence electrons. The molecule has 5 aliphatic rings. The maximum atomic E-state index is 13.3. The van der Waals surface area contributed by atoms with Crippen molar-refractivity contribution < 1.29 is 29.6 Å². The Morgan fingerprint density at radius 1 is 0.837 bits per heavy atom. The van der Waals surface area contributed by atoms with Crippen molar-refractivity contribution >= 4 is 23.6 Å². The van der Waals surface area contributed by atoms with Crippen molar-refractivity contribution in [3.05, 3.63) is 0 Å². The zero-order valence-corrected chi connectivity index (χ0v) is 32.3. The first-order chi connectivity index (χ1) is 23.3. The second kappa shape index (κ2) is 16.9. The molecule has 1 heterocycles. The molecule has 9 heteroatoms. The Bertz CT molecular complexity index is 1110. The molecule has 0 bridgehead atoms. The standard InChI is InChI=1S/C40H70N2O6S/c1-24(2)9-7-10-25(3)30-13-14-31-29-12-11-28-23-27(15-18-39(28,5)32(29)16-19-40(30,31)6)37(47)42-21-17-33(43)41-20-8-22-49-38-36(46)35(45)34(44)26(4)48-38/h24-32,34-36,38,44-46H,7-23H2,1-6H3,(H,41,43)(H,42,47)/t25-,26-,27+,28?,29+,30-,31+,32+,34+,35+,36-,38-,39+,40-/m1/s1. The molecular formula is C40H70N2O6S. The molecule has 2 amide bonds. The van der Waals surface area contributed by atoms with Crippen LogP contribution in [0.3, 0.4) is 0 Å². The summed E-state index contributed by atoms with van der Waals surface area (Å²) in [5, 5.41) is 36.0. The quantitative estimate of drug-likeness (QED) is 0.134. The average Bonchev–Trinajstić information content (AvgIpc) is 3.42. The lowest BCUT2D eigenvalue weighted by Crippen LogP contribution is -2.55. The van der Waals surface area contributed by atoms with Gasteiger partial charge in [0.1, 0.15) is 23.7 Å². The molecule has 0 aromatic rings. The minimum Gasteiger partial charge on any atom is -0.388 e. The van der Waals surface area contributed by atoms with Crippen LogP contribution in [0, 0.1) is 58.2 Å². The third-order valence-electron chi connectivity index (χ3n) is 14.6. The van der Waals surface area contributed by atoms with E-state index in [4.69, 9.17) is 4.74 Å². The Morgan fingerprint density at radius 3 is 2.33 bits per heavy atom. The number of hydrogen-bond donors (Lipinski definition) is 5. The van der Waals surface area contributed by atoms with Gasteiger partial charge in [-0.2, -0.15) is 0 Å². The lowest BCUT2D eigenvalue weighted by atomic mass is 9.44. The molecule has 1 aliphatic heterocycles. The number of rotatable bonds is 14. The molecule has 1 saturated heterocycles. The number of thioether (sulfide) groups is 1. The van der Waals surface area contributed by atoms with Gasteiger partial charge in [0.2, 0.25) is 11.8 Å². The summed E-state index contributed by atoms with van der Waals surface area (Å²) in [7, 11) is 0. The van der Waals surface area contributed by atoms with Crippen LogP contribution in [0.2, 0.25) is 0 Å². The van der Waals surface area contributed by atoms with E-state index in [1.165, 1.54) is 69.5 Å². The van der Waals surface area contributed by atoms with Crippen LogP contribution in [-0.4, -0.2) is 75.8 Å². The van der Waals surface area contributed by atoms with Gasteiger partial charge in [-0.15, -0.1) is 11.8 Å². The number of amides is 2. The number of aliphatic hydroxyl groups is 3. The number of carbonyl (C=O) groups is 2. The van der Waals surface area contributed by atoms with E-state index < -0.39 is 29.9 Å². The second-order valence-electron chi connectivity index (χ2n) is 18.0. The summed E-state index contributed by atoms with van der Waals surface area (Å²) in [5.41, 5.74) is 0.274. The molecule has 5 N–H and O–H groups in total. The van der Waals surface area contributed by atoms with Crippen molar-refractivity contribution in [2.45, 2.75) is 161 Å². The molecule has 8 nitrogen and oxygen atoms in total. The molecule has 0 aromatic carbocycles. The first-order valence-electron chi connectivity index (χ1n) is 20.1. The molecule has 14 atom stereocenters. The summed E-state index contributed by atoms with van der Waals surface area (Å²) in [6.07, 6.45) is 12.5. The fraction of sp³-hybridized carbons (Fsp3) is 0.950. The van der Waals surface area contributed by atoms with E-state index in [1.54, 1.807) is 6.92 Å². The zero-order chi connectivity index (χ0) is 35.5. The van der Waals surface area contributed by atoms with Gasteiger partial charge in [-0.3, -0.25) is 9.59 Å². The number of carbonyl (C=O) groups excluding carboxylic acids is 2. The lowest BCUT2D eigenvalue weighted by Gasteiger charge is -2.61. The first kappa shape index (κ1) is 39.3. The van der Waals surface area contributed by atoms with E-state index in [2.05, 4.69) is 45.3 Å². The maximum absolute atomic E-state index is 13.3. The van der Waals surface area contributed by atoms with Gasteiger partial charge in [-0.25, -0.2) is 0 Å². The van der Waals surface area contributed by atoms with Crippen molar-refractivity contribution in [1.29, 1.82) is 0 Å². The fourth-order valence-electron chi connectivity index (χ4n) is 11.7. The van der Waals surface area contributed by atoms with E-state index in [1.807, 2.05) is 0 Å². The largest absolute Gasteiger partial charge is 0.388 e. The van der Waals surface area contributed by atoms with Gasteiger partial charge >= 0.3 is 0 Å².